The quantitative estimate of drug-likeness (QED) is 0.794. The molecule has 5 nitrogen and oxygen atoms in total. The van der Waals surface area contributed by atoms with Crippen LogP contribution in [0.3, 0.4) is 0 Å². The van der Waals surface area contributed by atoms with E-state index in [1.54, 1.807) is 0 Å². The number of rotatable bonds is 3. The first-order valence-corrected chi connectivity index (χ1v) is 5.90. The Bertz CT molecular complexity index is 362. The molecule has 0 spiro atoms. The summed E-state index contributed by atoms with van der Waals surface area (Å²) in [6.07, 6.45) is 1.14. The van der Waals surface area contributed by atoms with Crippen molar-refractivity contribution in [2.24, 2.45) is 13.0 Å². The summed E-state index contributed by atoms with van der Waals surface area (Å²) in [6.45, 7) is 6.60. The molecule has 1 atom stereocenters. The van der Waals surface area contributed by atoms with Crippen molar-refractivity contribution in [2.45, 2.75) is 25.7 Å². The minimum atomic E-state index is 0.136. The third-order valence-corrected chi connectivity index (χ3v) is 3.84. The first-order valence-electron chi connectivity index (χ1n) is 5.90. The normalized spacial score (nSPS) is 25.3. The van der Waals surface area contributed by atoms with Gasteiger partial charge in [0, 0.05) is 26.1 Å². The summed E-state index contributed by atoms with van der Waals surface area (Å²) in [5.41, 5.74) is 0.136. The minimum absolute atomic E-state index is 0.136. The van der Waals surface area contributed by atoms with Crippen LogP contribution in [0.1, 0.15) is 26.1 Å². The highest BCUT2D eigenvalue weighted by molar-refractivity contribution is 5.28. The molecule has 0 amide bonds. The van der Waals surface area contributed by atoms with Gasteiger partial charge in [0.2, 0.25) is 5.95 Å². The second-order valence-electron chi connectivity index (χ2n) is 4.89. The number of aromatic nitrogens is 3. The predicted molar refractivity (Wildman–Crippen MR) is 64.6 cm³/mol. The van der Waals surface area contributed by atoms with Crippen molar-refractivity contribution < 1.29 is 0 Å². The molecule has 0 bridgehead atoms. The highest BCUT2D eigenvalue weighted by atomic mass is 15.3. The standard InChI is InChI=1S/C11H21N5/c1-8(2)11(5-6-13-7-11)9-14-15-10(12-3)16(9)4/h8,13H,5-7H2,1-4H3,(H,12,15). The van der Waals surface area contributed by atoms with E-state index < -0.39 is 0 Å². The van der Waals surface area contributed by atoms with E-state index in [4.69, 9.17) is 0 Å². The van der Waals surface area contributed by atoms with Crippen molar-refractivity contribution >= 4 is 5.95 Å². The van der Waals surface area contributed by atoms with Crippen LogP contribution in [0.2, 0.25) is 0 Å². The highest BCUT2D eigenvalue weighted by Crippen LogP contribution is 2.37. The molecule has 1 aromatic rings. The van der Waals surface area contributed by atoms with Gasteiger partial charge in [-0.15, -0.1) is 10.2 Å². The summed E-state index contributed by atoms with van der Waals surface area (Å²) in [4.78, 5) is 0. The number of nitrogens with zero attached hydrogens (tertiary/aromatic N) is 3. The van der Waals surface area contributed by atoms with E-state index in [9.17, 15) is 0 Å². The van der Waals surface area contributed by atoms with Crippen molar-refractivity contribution in [3.63, 3.8) is 0 Å². The van der Waals surface area contributed by atoms with Crippen LogP contribution in [-0.2, 0) is 12.5 Å². The van der Waals surface area contributed by atoms with E-state index in [2.05, 4.69) is 39.2 Å². The topological polar surface area (TPSA) is 54.8 Å². The van der Waals surface area contributed by atoms with Crippen LogP contribution in [0.4, 0.5) is 5.95 Å². The van der Waals surface area contributed by atoms with Gasteiger partial charge in [-0.25, -0.2) is 0 Å². The lowest BCUT2D eigenvalue weighted by Gasteiger charge is -2.31. The van der Waals surface area contributed by atoms with Crippen LogP contribution < -0.4 is 10.6 Å². The van der Waals surface area contributed by atoms with Gasteiger partial charge in [0.1, 0.15) is 5.82 Å². The van der Waals surface area contributed by atoms with Crippen molar-refractivity contribution in [3.8, 4) is 0 Å². The molecular formula is C11H21N5. The van der Waals surface area contributed by atoms with E-state index in [0.717, 1.165) is 31.3 Å². The molecule has 1 fully saturated rings. The van der Waals surface area contributed by atoms with E-state index in [-0.39, 0.29) is 5.41 Å². The van der Waals surface area contributed by atoms with Crippen molar-refractivity contribution in [3.05, 3.63) is 5.82 Å². The molecule has 5 heteroatoms. The molecule has 90 valence electrons. The van der Waals surface area contributed by atoms with Crippen LogP contribution >= 0.6 is 0 Å². The Labute approximate surface area is 96.6 Å². The Morgan fingerprint density at radius 2 is 2.19 bits per heavy atom. The molecule has 0 aliphatic carbocycles. The Balaban J connectivity index is 2.43. The summed E-state index contributed by atoms with van der Waals surface area (Å²) < 4.78 is 2.08. The SMILES string of the molecule is CNc1nnc(C2(C(C)C)CCNC2)n1C. The van der Waals surface area contributed by atoms with Crippen LogP contribution in [0.15, 0.2) is 0 Å². The first kappa shape index (κ1) is 11.4. The lowest BCUT2D eigenvalue weighted by atomic mass is 9.75. The maximum absolute atomic E-state index is 4.37. The molecule has 1 aliphatic rings. The third kappa shape index (κ3) is 1.50. The average Bonchev–Trinajstić information content (AvgIpc) is 2.84. The highest BCUT2D eigenvalue weighted by Gasteiger charge is 2.42. The molecule has 2 N–H and O–H groups in total. The molecule has 2 rings (SSSR count). The molecule has 1 saturated heterocycles. The predicted octanol–water partition coefficient (Wildman–Crippen LogP) is 0.744. The Morgan fingerprint density at radius 3 is 2.62 bits per heavy atom. The van der Waals surface area contributed by atoms with Gasteiger partial charge < -0.3 is 15.2 Å². The number of hydrogen-bond donors (Lipinski definition) is 2. The molecule has 1 unspecified atom stereocenters. The zero-order chi connectivity index (χ0) is 11.8. The lowest BCUT2D eigenvalue weighted by molar-refractivity contribution is 0.309. The molecule has 0 aromatic carbocycles. The van der Waals surface area contributed by atoms with E-state index >= 15 is 0 Å². The summed E-state index contributed by atoms with van der Waals surface area (Å²) in [6, 6.07) is 0. The largest absolute Gasteiger partial charge is 0.357 e. The van der Waals surface area contributed by atoms with Crippen molar-refractivity contribution in [1.82, 2.24) is 20.1 Å². The van der Waals surface area contributed by atoms with Gasteiger partial charge in [0.25, 0.3) is 0 Å². The van der Waals surface area contributed by atoms with Crippen molar-refractivity contribution in [2.75, 3.05) is 25.5 Å². The number of anilines is 1. The second-order valence-corrected chi connectivity index (χ2v) is 4.89. The molecule has 0 radical (unpaired) electrons. The minimum Gasteiger partial charge on any atom is -0.357 e. The van der Waals surface area contributed by atoms with Gasteiger partial charge in [-0.1, -0.05) is 13.8 Å². The molecule has 1 aliphatic heterocycles. The molecule has 16 heavy (non-hydrogen) atoms. The summed E-state index contributed by atoms with van der Waals surface area (Å²) >= 11 is 0. The summed E-state index contributed by atoms with van der Waals surface area (Å²) in [7, 11) is 3.91. The number of nitrogens with one attached hydrogen (secondary N) is 2. The smallest absolute Gasteiger partial charge is 0.224 e. The van der Waals surface area contributed by atoms with Gasteiger partial charge in [-0.2, -0.15) is 0 Å². The zero-order valence-corrected chi connectivity index (χ0v) is 10.5. The Hall–Kier alpha value is -1.10. The molecule has 2 heterocycles. The Morgan fingerprint density at radius 1 is 1.44 bits per heavy atom. The van der Waals surface area contributed by atoms with Crippen molar-refractivity contribution in [1.29, 1.82) is 0 Å². The fourth-order valence-corrected chi connectivity index (χ4v) is 2.63. The van der Waals surface area contributed by atoms with Gasteiger partial charge in [0.05, 0.1) is 0 Å². The fraction of sp³-hybridized carbons (Fsp3) is 0.818. The van der Waals surface area contributed by atoms with Gasteiger partial charge >= 0.3 is 0 Å². The number of hydrogen-bond acceptors (Lipinski definition) is 4. The van der Waals surface area contributed by atoms with Gasteiger partial charge in [-0.05, 0) is 18.9 Å². The second kappa shape index (κ2) is 4.05. The van der Waals surface area contributed by atoms with E-state index in [1.807, 2.05) is 14.1 Å². The maximum atomic E-state index is 4.37. The summed E-state index contributed by atoms with van der Waals surface area (Å²) in [5.74, 6) is 2.49. The Kier molecular flexibility index (Phi) is 2.88. The molecule has 1 aromatic heterocycles. The fourth-order valence-electron chi connectivity index (χ4n) is 2.63. The lowest BCUT2D eigenvalue weighted by Crippen LogP contribution is -2.37. The van der Waals surface area contributed by atoms with E-state index in [0.29, 0.717) is 5.92 Å². The van der Waals surface area contributed by atoms with Crippen LogP contribution in [-0.4, -0.2) is 34.9 Å². The monoisotopic (exact) mass is 223 g/mol. The maximum Gasteiger partial charge on any atom is 0.224 e. The van der Waals surface area contributed by atoms with Crippen LogP contribution in [0.5, 0.6) is 0 Å². The van der Waals surface area contributed by atoms with E-state index in [1.165, 1.54) is 0 Å². The molecular weight excluding hydrogens is 202 g/mol. The van der Waals surface area contributed by atoms with Crippen LogP contribution in [0.25, 0.3) is 0 Å². The van der Waals surface area contributed by atoms with Gasteiger partial charge in [0.15, 0.2) is 0 Å². The summed E-state index contributed by atoms with van der Waals surface area (Å²) in [5, 5.41) is 15.1. The first-order chi connectivity index (χ1) is 7.62. The third-order valence-electron chi connectivity index (χ3n) is 3.84. The molecule has 0 saturated carbocycles. The zero-order valence-electron chi connectivity index (χ0n) is 10.5. The average molecular weight is 223 g/mol. The van der Waals surface area contributed by atoms with Crippen LogP contribution in [0, 0.1) is 5.92 Å². The van der Waals surface area contributed by atoms with Gasteiger partial charge in [-0.3, -0.25) is 0 Å².